The van der Waals surface area contributed by atoms with E-state index in [1.807, 2.05) is 0 Å². The van der Waals surface area contributed by atoms with Gasteiger partial charge in [0.2, 0.25) is 5.91 Å². The van der Waals surface area contributed by atoms with Gasteiger partial charge in [0.15, 0.2) is 0 Å². The van der Waals surface area contributed by atoms with Gasteiger partial charge in [-0.1, -0.05) is 19.8 Å². The second-order valence-corrected chi connectivity index (χ2v) is 8.15. The maximum Gasteiger partial charge on any atom is 0.325 e. The number of nitrogens with zero attached hydrogens (tertiary/aromatic N) is 2. The molecule has 2 heterocycles. The fourth-order valence-electron chi connectivity index (χ4n) is 4.31. The first-order valence-corrected chi connectivity index (χ1v) is 10.1. The zero-order valence-corrected chi connectivity index (χ0v) is 15.9. The van der Waals surface area contributed by atoms with E-state index in [9.17, 15) is 14.4 Å². The highest BCUT2D eigenvalue weighted by Gasteiger charge is 2.52. The zero-order valence-electron chi connectivity index (χ0n) is 15.9. The summed E-state index contributed by atoms with van der Waals surface area (Å²) >= 11 is 0. The molecule has 2 saturated heterocycles. The summed E-state index contributed by atoms with van der Waals surface area (Å²) in [6.45, 7) is 6.45. The van der Waals surface area contributed by atoms with Gasteiger partial charge in [-0.2, -0.15) is 0 Å². The van der Waals surface area contributed by atoms with Crippen molar-refractivity contribution in [2.45, 2.75) is 63.8 Å². The average Bonchev–Trinajstić information content (AvgIpc) is 3.18. The van der Waals surface area contributed by atoms with Crippen molar-refractivity contribution in [1.82, 2.24) is 20.4 Å². The van der Waals surface area contributed by atoms with Crippen molar-refractivity contribution < 1.29 is 14.4 Å². The fourth-order valence-corrected chi connectivity index (χ4v) is 4.31. The van der Waals surface area contributed by atoms with E-state index in [4.69, 9.17) is 0 Å². The van der Waals surface area contributed by atoms with Gasteiger partial charge in [0.05, 0.1) is 0 Å². The molecule has 7 heteroatoms. The van der Waals surface area contributed by atoms with Crippen LogP contribution >= 0.6 is 0 Å². The summed E-state index contributed by atoms with van der Waals surface area (Å²) in [7, 11) is 0. The summed E-state index contributed by atoms with van der Waals surface area (Å²) in [4.78, 5) is 40.3. The zero-order chi connectivity index (χ0) is 18.6. The van der Waals surface area contributed by atoms with E-state index in [0.29, 0.717) is 6.54 Å². The third kappa shape index (κ3) is 4.37. The molecule has 0 aromatic heterocycles. The van der Waals surface area contributed by atoms with E-state index in [2.05, 4.69) is 22.5 Å². The van der Waals surface area contributed by atoms with Crippen molar-refractivity contribution in [1.29, 1.82) is 0 Å². The van der Waals surface area contributed by atoms with Crippen LogP contribution in [0.5, 0.6) is 0 Å². The molecular formula is C19H32N4O3. The normalized spacial score (nSPS) is 23.7. The largest absolute Gasteiger partial charge is 0.356 e. The first-order valence-electron chi connectivity index (χ1n) is 10.1. The topological polar surface area (TPSA) is 81.8 Å². The molecule has 3 fully saturated rings. The Balaban J connectivity index is 1.31. The molecule has 0 aromatic rings. The number of hydrogen-bond acceptors (Lipinski definition) is 4. The van der Waals surface area contributed by atoms with Crippen molar-refractivity contribution >= 4 is 17.8 Å². The highest BCUT2D eigenvalue weighted by atomic mass is 16.2. The third-order valence-electron chi connectivity index (χ3n) is 6.12. The molecule has 0 aromatic carbocycles. The number of nitrogens with one attached hydrogen (secondary N) is 2. The molecule has 4 amide bonds. The predicted octanol–water partition coefficient (Wildman–Crippen LogP) is 1.48. The number of piperidine rings is 1. The molecule has 0 unspecified atom stereocenters. The number of hydrogen-bond donors (Lipinski definition) is 2. The minimum absolute atomic E-state index is 0.0924. The lowest BCUT2D eigenvalue weighted by Gasteiger charge is -2.30. The number of urea groups is 1. The molecule has 146 valence electrons. The average molecular weight is 364 g/mol. The van der Waals surface area contributed by atoms with E-state index >= 15 is 0 Å². The van der Waals surface area contributed by atoms with E-state index in [1.165, 1.54) is 17.7 Å². The maximum atomic E-state index is 12.5. The van der Waals surface area contributed by atoms with Crippen molar-refractivity contribution in [2.75, 3.05) is 32.7 Å². The van der Waals surface area contributed by atoms with Crippen LogP contribution in [0.3, 0.4) is 0 Å². The SMILES string of the molecule is CC1CCN(CCCNC(=O)CCN2C(=O)NC3(CCCC3)C2=O)CC1. The van der Waals surface area contributed by atoms with E-state index < -0.39 is 5.54 Å². The summed E-state index contributed by atoms with van der Waals surface area (Å²) in [5, 5.41) is 5.76. The minimum atomic E-state index is -0.681. The highest BCUT2D eigenvalue weighted by Crippen LogP contribution is 2.34. The van der Waals surface area contributed by atoms with Crippen LogP contribution in [0.2, 0.25) is 0 Å². The van der Waals surface area contributed by atoms with Gasteiger partial charge in [0.1, 0.15) is 5.54 Å². The van der Waals surface area contributed by atoms with Crippen molar-refractivity contribution in [3.05, 3.63) is 0 Å². The molecule has 0 bridgehead atoms. The predicted molar refractivity (Wildman–Crippen MR) is 98.5 cm³/mol. The van der Waals surface area contributed by atoms with Gasteiger partial charge < -0.3 is 15.5 Å². The van der Waals surface area contributed by atoms with Crippen LogP contribution in [0.4, 0.5) is 4.79 Å². The first kappa shape index (κ1) is 19.1. The van der Waals surface area contributed by atoms with Crippen LogP contribution in [0.25, 0.3) is 0 Å². The van der Waals surface area contributed by atoms with Gasteiger partial charge in [-0.25, -0.2) is 4.79 Å². The van der Waals surface area contributed by atoms with Crippen LogP contribution in [-0.4, -0.2) is 65.9 Å². The van der Waals surface area contributed by atoms with Crippen LogP contribution in [0.1, 0.15) is 58.3 Å². The molecule has 3 aliphatic rings. The lowest BCUT2D eigenvalue weighted by molar-refractivity contribution is -0.131. The Bertz CT molecular complexity index is 537. The van der Waals surface area contributed by atoms with E-state index in [0.717, 1.165) is 57.7 Å². The Morgan fingerprint density at radius 1 is 1.19 bits per heavy atom. The minimum Gasteiger partial charge on any atom is -0.356 e. The molecule has 7 nitrogen and oxygen atoms in total. The van der Waals surface area contributed by atoms with E-state index in [-0.39, 0.29) is 30.8 Å². The second-order valence-electron chi connectivity index (χ2n) is 8.15. The van der Waals surface area contributed by atoms with Gasteiger partial charge in [-0.05, 0) is 57.7 Å². The van der Waals surface area contributed by atoms with Crippen molar-refractivity contribution in [3.8, 4) is 0 Å². The summed E-state index contributed by atoms with van der Waals surface area (Å²) in [5.41, 5.74) is -0.681. The third-order valence-corrected chi connectivity index (χ3v) is 6.12. The Morgan fingerprint density at radius 3 is 2.58 bits per heavy atom. The number of rotatable bonds is 7. The standard InChI is InChI=1S/C19H32N4O3/c1-15-5-12-22(13-6-15)11-4-10-20-16(24)7-14-23-17(25)19(21-18(23)26)8-2-3-9-19/h15H,2-14H2,1H3,(H,20,24)(H,21,26). The lowest BCUT2D eigenvalue weighted by Crippen LogP contribution is -2.44. The van der Waals surface area contributed by atoms with Crippen LogP contribution < -0.4 is 10.6 Å². The molecular weight excluding hydrogens is 332 g/mol. The van der Waals surface area contributed by atoms with E-state index in [1.54, 1.807) is 0 Å². The summed E-state index contributed by atoms with van der Waals surface area (Å²) < 4.78 is 0. The highest BCUT2D eigenvalue weighted by molar-refractivity contribution is 6.07. The molecule has 0 radical (unpaired) electrons. The van der Waals surface area contributed by atoms with Gasteiger partial charge in [-0.3, -0.25) is 14.5 Å². The Kier molecular flexibility index (Phi) is 6.16. The number of likely N-dealkylation sites (tertiary alicyclic amines) is 1. The Hall–Kier alpha value is -1.63. The molecule has 0 atom stereocenters. The molecule has 2 N–H and O–H groups in total. The van der Waals surface area contributed by atoms with Crippen LogP contribution in [0.15, 0.2) is 0 Å². The summed E-state index contributed by atoms with van der Waals surface area (Å²) in [6, 6.07) is -0.343. The molecule has 1 aliphatic carbocycles. The quantitative estimate of drug-likeness (QED) is 0.530. The molecule has 26 heavy (non-hydrogen) atoms. The molecule has 3 rings (SSSR count). The maximum absolute atomic E-state index is 12.5. The monoisotopic (exact) mass is 364 g/mol. The van der Waals surface area contributed by atoms with Crippen LogP contribution in [-0.2, 0) is 9.59 Å². The van der Waals surface area contributed by atoms with Gasteiger partial charge in [-0.15, -0.1) is 0 Å². The Morgan fingerprint density at radius 2 is 1.88 bits per heavy atom. The second kappa shape index (κ2) is 8.37. The summed E-state index contributed by atoms with van der Waals surface area (Å²) in [6.07, 6.45) is 7.01. The number of carbonyl (C=O) groups excluding carboxylic acids is 3. The van der Waals surface area contributed by atoms with Crippen molar-refractivity contribution in [2.24, 2.45) is 5.92 Å². The Labute approximate surface area is 155 Å². The smallest absolute Gasteiger partial charge is 0.325 e. The fraction of sp³-hybridized carbons (Fsp3) is 0.842. The summed E-state index contributed by atoms with van der Waals surface area (Å²) in [5.74, 6) is 0.595. The number of carbonyl (C=O) groups is 3. The van der Waals surface area contributed by atoms with Crippen LogP contribution in [0, 0.1) is 5.92 Å². The first-order chi connectivity index (χ1) is 12.5. The lowest BCUT2D eigenvalue weighted by atomic mass is 9.98. The van der Waals surface area contributed by atoms with Crippen molar-refractivity contribution in [3.63, 3.8) is 0 Å². The molecule has 1 spiro atoms. The van der Waals surface area contributed by atoms with Gasteiger partial charge in [0.25, 0.3) is 5.91 Å². The van der Waals surface area contributed by atoms with Gasteiger partial charge >= 0.3 is 6.03 Å². The molecule has 2 aliphatic heterocycles. The number of imide groups is 1. The van der Waals surface area contributed by atoms with Gasteiger partial charge in [0, 0.05) is 19.5 Å². The molecule has 1 saturated carbocycles. The number of amides is 4.